The molecule has 1 atom stereocenters. The Morgan fingerprint density at radius 2 is 2.03 bits per heavy atom. The van der Waals surface area contributed by atoms with Gasteiger partial charge < -0.3 is 15.2 Å². The number of rotatable bonds is 7. The first-order valence-electron chi connectivity index (χ1n) is 11.2. The number of nitrogens with two attached hydrogens (primary N) is 1. The van der Waals surface area contributed by atoms with Crippen molar-refractivity contribution in [2.45, 2.75) is 42.0 Å². The molecule has 0 radical (unpaired) electrons. The van der Waals surface area contributed by atoms with Gasteiger partial charge in [0.2, 0.25) is 5.88 Å². The molecule has 0 fully saturated rings. The van der Waals surface area contributed by atoms with E-state index in [-0.39, 0.29) is 29.4 Å². The van der Waals surface area contributed by atoms with Gasteiger partial charge in [0, 0.05) is 10.6 Å². The zero-order valence-corrected chi connectivity index (χ0v) is 21.1. The van der Waals surface area contributed by atoms with E-state index in [1.165, 1.54) is 11.8 Å². The van der Waals surface area contributed by atoms with E-state index in [1.54, 1.807) is 18.7 Å². The minimum Gasteiger partial charge on any atom is -0.463 e. The summed E-state index contributed by atoms with van der Waals surface area (Å²) in [4.78, 5) is 18.9. The van der Waals surface area contributed by atoms with E-state index in [0.717, 1.165) is 41.0 Å². The lowest BCUT2D eigenvalue weighted by Crippen LogP contribution is -2.27. The first-order chi connectivity index (χ1) is 17.0. The summed E-state index contributed by atoms with van der Waals surface area (Å²) in [5.41, 5.74) is 9.92. The Morgan fingerprint density at radius 3 is 2.69 bits per heavy atom. The van der Waals surface area contributed by atoms with Crippen LogP contribution in [-0.2, 0) is 27.1 Å². The summed E-state index contributed by atoms with van der Waals surface area (Å²) in [5, 5.41) is 20.1. The third-order valence-electron chi connectivity index (χ3n) is 5.92. The van der Waals surface area contributed by atoms with Crippen molar-refractivity contribution < 1.29 is 14.3 Å². The number of fused-ring (bicyclic) bond motifs is 1. The van der Waals surface area contributed by atoms with Gasteiger partial charge in [-0.05, 0) is 61.8 Å². The van der Waals surface area contributed by atoms with Gasteiger partial charge in [0.1, 0.15) is 28.5 Å². The molecule has 0 saturated carbocycles. The molecule has 7 nitrogen and oxygen atoms in total. The predicted molar refractivity (Wildman–Crippen MR) is 134 cm³/mol. The lowest BCUT2D eigenvalue weighted by atomic mass is 9.83. The summed E-state index contributed by atoms with van der Waals surface area (Å²) >= 11 is 2.91. The average molecular weight is 505 g/mol. The highest BCUT2D eigenvalue weighted by molar-refractivity contribution is 7.99. The maximum atomic E-state index is 13.2. The van der Waals surface area contributed by atoms with Crippen molar-refractivity contribution in [3.8, 4) is 12.1 Å². The number of esters is 1. The van der Waals surface area contributed by atoms with Crippen molar-refractivity contribution in [3.63, 3.8) is 0 Å². The van der Waals surface area contributed by atoms with Crippen LogP contribution in [0, 0.1) is 22.7 Å². The van der Waals surface area contributed by atoms with Crippen LogP contribution in [0.3, 0.4) is 0 Å². The number of ether oxygens (including phenoxy) is 2. The van der Waals surface area contributed by atoms with Crippen molar-refractivity contribution in [2.75, 3.05) is 18.6 Å². The zero-order valence-electron chi connectivity index (χ0n) is 19.5. The van der Waals surface area contributed by atoms with Crippen LogP contribution in [0.4, 0.5) is 0 Å². The van der Waals surface area contributed by atoms with E-state index in [2.05, 4.69) is 12.1 Å². The second-order valence-electron chi connectivity index (χ2n) is 7.96. The largest absolute Gasteiger partial charge is 0.463 e. The Morgan fingerprint density at radius 1 is 1.26 bits per heavy atom. The standard InChI is InChI=1S/C26H24N4O3S2/c1-3-32-26(31)23-21(14-35-25-17(12-27)11-16-5-4-6-20(16)30-25)33-24(29)19(13-28)22(23)15-7-9-18(34-2)10-8-15/h7-11,22H,3-6,14,29H2,1-2H3/t22-/m1/s1. The fraction of sp³-hybridized carbons (Fsp3) is 0.308. The Balaban J connectivity index is 1.76. The van der Waals surface area contributed by atoms with Crippen LogP contribution in [-0.4, -0.2) is 29.6 Å². The van der Waals surface area contributed by atoms with Crippen molar-refractivity contribution in [2.24, 2.45) is 5.73 Å². The molecule has 0 bridgehead atoms. The molecule has 1 aromatic carbocycles. The van der Waals surface area contributed by atoms with Gasteiger partial charge in [0.25, 0.3) is 0 Å². The van der Waals surface area contributed by atoms with Gasteiger partial charge in [-0.2, -0.15) is 10.5 Å². The van der Waals surface area contributed by atoms with Crippen LogP contribution in [0.2, 0.25) is 0 Å². The van der Waals surface area contributed by atoms with Gasteiger partial charge in [-0.25, -0.2) is 9.78 Å². The molecule has 0 spiro atoms. The van der Waals surface area contributed by atoms with Crippen LogP contribution >= 0.6 is 23.5 Å². The number of benzene rings is 1. The number of nitriles is 2. The summed E-state index contributed by atoms with van der Waals surface area (Å²) in [6, 6.07) is 13.9. The molecule has 4 rings (SSSR count). The van der Waals surface area contributed by atoms with Crippen LogP contribution < -0.4 is 5.73 Å². The minimum atomic E-state index is -0.720. The predicted octanol–water partition coefficient (Wildman–Crippen LogP) is 4.58. The van der Waals surface area contributed by atoms with Gasteiger partial charge in [0.05, 0.1) is 29.4 Å². The molecule has 2 aliphatic rings. The summed E-state index contributed by atoms with van der Waals surface area (Å²) in [6.45, 7) is 1.90. The summed E-state index contributed by atoms with van der Waals surface area (Å²) in [6.07, 6.45) is 4.82. The number of pyridine rings is 1. The molecule has 2 aromatic rings. The fourth-order valence-electron chi connectivity index (χ4n) is 4.26. The molecule has 1 aliphatic carbocycles. The second-order valence-corrected chi connectivity index (χ2v) is 9.80. The smallest absolute Gasteiger partial charge is 0.338 e. The Hall–Kier alpha value is -3.40. The number of carbonyl (C=O) groups is 1. The highest BCUT2D eigenvalue weighted by Gasteiger charge is 2.37. The minimum absolute atomic E-state index is 0.0440. The number of nitrogens with zero attached hydrogens (tertiary/aromatic N) is 3. The first kappa shape index (κ1) is 24.7. The van der Waals surface area contributed by atoms with Crippen LogP contribution in [0.5, 0.6) is 0 Å². The number of hydrogen-bond donors (Lipinski definition) is 1. The zero-order chi connectivity index (χ0) is 24.9. The van der Waals surface area contributed by atoms with Crippen molar-refractivity contribution in [1.29, 1.82) is 10.5 Å². The van der Waals surface area contributed by atoms with Gasteiger partial charge in [-0.1, -0.05) is 23.9 Å². The lowest BCUT2D eigenvalue weighted by molar-refractivity contribution is -0.139. The molecule has 2 N–H and O–H groups in total. The number of carbonyl (C=O) groups excluding carboxylic acids is 1. The SMILES string of the molecule is CCOC(=O)C1=C(CSc2nc3c(cc2C#N)CCC3)OC(N)=C(C#N)[C@H]1c1ccc(SC)cc1. The Kier molecular flexibility index (Phi) is 7.70. The number of allylic oxidation sites excluding steroid dienone is 1. The van der Waals surface area contributed by atoms with E-state index >= 15 is 0 Å². The molecular formula is C26H24N4O3S2. The molecule has 0 amide bonds. The quantitative estimate of drug-likeness (QED) is 0.426. The third-order valence-corrected chi connectivity index (χ3v) is 7.65. The summed E-state index contributed by atoms with van der Waals surface area (Å²) < 4.78 is 11.2. The third kappa shape index (κ3) is 5.02. The van der Waals surface area contributed by atoms with E-state index in [0.29, 0.717) is 16.3 Å². The molecule has 0 saturated heterocycles. The molecule has 0 unspecified atom stereocenters. The van der Waals surface area contributed by atoms with Crippen molar-refractivity contribution >= 4 is 29.5 Å². The number of aromatic nitrogens is 1. The molecule has 178 valence electrons. The average Bonchev–Trinajstić information content (AvgIpc) is 3.33. The molecule has 1 aromatic heterocycles. The van der Waals surface area contributed by atoms with Crippen LogP contribution in [0.1, 0.15) is 41.6 Å². The molecule has 35 heavy (non-hydrogen) atoms. The van der Waals surface area contributed by atoms with Gasteiger partial charge in [0.15, 0.2) is 0 Å². The van der Waals surface area contributed by atoms with Crippen molar-refractivity contribution in [1.82, 2.24) is 4.98 Å². The van der Waals surface area contributed by atoms with E-state index < -0.39 is 11.9 Å². The van der Waals surface area contributed by atoms with Gasteiger partial charge in [-0.3, -0.25) is 0 Å². The maximum Gasteiger partial charge on any atom is 0.338 e. The van der Waals surface area contributed by atoms with E-state index in [9.17, 15) is 15.3 Å². The molecule has 2 heterocycles. The summed E-state index contributed by atoms with van der Waals surface area (Å²) in [7, 11) is 0. The molecular weight excluding hydrogens is 480 g/mol. The topological polar surface area (TPSA) is 122 Å². The van der Waals surface area contributed by atoms with E-state index in [1.807, 2.05) is 36.6 Å². The van der Waals surface area contributed by atoms with Gasteiger partial charge in [-0.15, -0.1) is 11.8 Å². The summed E-state index contributed by atoms with van der Waals surface area (Å²) in [5.74, 6) is -0.826. The van der Waals surface area contributed by atoms with Crippen LogP contribution in [0.25, 0.3) is 0 Å². The Bertz CT molecular complexity index is 1300. The lowest BCUT2D eigenvalue weighted by Gasteiger charge is -2.28. The number of aryl methyl sites for hydroxylation is 2. The fourth-order valence-corrected chi connectivity index (χ4v) is 5.59. The second kappa shape index (κ2) is 10.9. The monoisotopic (exact) mass is 504 g/mol. The van der Waals surface area contributed by atoms with Crippen LogP contribution in [0.15, 0.2) is 63.0 Å². The Labute approximate surface area is 213 Å². The highest BCUT2D eigenvalue weighted by atomic mass is 32.2. The van der Waals surface area contributed by atoms with Crippen molar-refractivity contribution in [3.05, 3.63) is 75.5 Å². The maximum absolute atomic E-state index is 13.2. The van der Waals surface area contributed by atoms with Gasteiger partial charge >= 0.3 is 5.97 Å². The number of hydrogen-bond acceptors (Lipinski definition) is 9. The molecule has 9 heteroatoms. The highest BCUT2D eigenvalue weighted by Crippen LogP contribution is 2.41. The normalized spacial score (nSPS) is 16.9. The first-order valence-corrected chi connectivity index (χ1v) is 13.4. The molecule has 1 aliphatic heterocycles. The number of thioether (sulfide) groups is 2. The van der Waals surface area contributed by atoms with E-state index in [4.69, 9.17) is 20.2 Å².